The van der Waals surface area contributed by atoms with Gasteiger partial charge in [0.2, 0.25) is 5.24 Å². The van der Waals surface area contributed by atoms with Gasteiger partial charge in [-0.2, -0.15) is 0 Å². The number of carbonyl (C=O) groups excluding carboxylic acids is 2. The third-order valence-corrected chi connectivity index (χ3v) is 11.1. The van der Waals surface area contributed by atoms with E-state index >= 15 is 0 Å². The number of allylic oxidation sites excluding steroid dienone is 2. The number of halogens is 1. The largest absolute Gasteiger partial charge is 0.380 e. The summed E-state index contributed by atoms with van der Waals surface area (Å²) in [6.07, 6.45) is 4.88. The van der Waals surface area contributed by atoms with E-state index in [1.165, 1.54) is 0 Å². The predicted molar refractivity (Wildman–Crippen MR) is 200 cm³/mol. The van der Waals surface area contributed by atoms with Crippen molar-refractivity contribution in [3.8, 4) is 0 Å². The lowest BCUT2D eigenvalue weighted by Crippen LogP contribution is -2.39. The fourth-order valence-corrected chi connectivity index (χ4v) is 7.02. The first kappa shape index (κ1) is 47.1. The molecule has 2 N–H and O–H groups in total. The molecule has 0 spiro atoms. The summed E-state index contributed by atoms with van der Waals surface area (Å²) in [6.45, 7) is 17.5. The third-order valence-electron chi connectivity index (χ3n) is 7.51. The van der Waals surface area contributed by atoms with Crippen molar-refractivity contribution >= 4 is 42.3 Å². The van der Waals surface area contributed by atoms with Gasteiger partial charge in [0.15, 0.2) is 25.5 Å². The van der Waals surface area contributed by atoms with Crippen LogP contribution in [-0.2, 0) is 64.9 Å². The van der Waals surface area contributed by atoms with Crippen LogP contribution in [-0.4, -0.2) is 150 Å². The molecule has 2 aromatic rings. The molecule has 20 heteroatoms. The molecule has 4 heterocycles. The van der Waals surface area contributed by atoms with Gasteiger partial charge in [0.1, 0.15) is 0 Å². The minimum atomic E-state index is -2.86. The topological polar surface area (TPSA) is 215 Å². The number of ether oxygens (including phenoxy) is 2. The van der Waals surface area contributed by atoms with E-state index < -0.39 is 24.9 Å². The molecule has 4 rings (SSSR count). The zero-order valence-corrected chi connectivity index (χ0v) is 32.0. The lowest BCUT2D eigenvalue weighted by atomic mass is 10.1. The molecule has 0 amide bonds. The van der Waals surface area contributed by atoms with Crippen molar-refractivity contribution in [3.63, 3.8) is 0 Å². The van der Waals surface area contributed by atoms with Crippen LogP contribution in [0.5, 0.6) is 0 Å². The molecule has 0 aromatic carbocycles. The summed E-state index contributed by atoms with van der Waals surface area (Å²) in [7, 11) is -5.69. The maximum Gasteiger partial charge on any atom is 0.247 e. The Bertz CT molecular complexity index is 1590. The highest BCUT2D eigenvalue weighted by molar-refractivity contribution is 7.91. The third kappa shape index (κ3) is 20.4. The highest BCUT2D eigenvalue weighted by Crippen LogP contribution is 2.09. The van der Waals surface area contributed by atoms with Gasteiger partial charge >= 0.3 is 0 Å². The number of Topliss-reactive ketones (excluding diaryl/α,β-unsaturated/α-hetero) is 1. The summed E-state index contributed by atoms with van der Waals surface area (Å²) in [5.74, 6) is 0.962. The van der Waals surface area contributed by atoms with Gasteiger partial charge in [-0.3, -0.25) is 19.4 Å². The summed E-state index contributed by atoms with van der Waals surface area (Å²) in [5, 5.41) is 15.8. The molecule has 296 valence electrons. The van der Waals surface area contributed by atoms with E-state index in [1.807, 2.05) is 12.4 Å². The van der Waals surface area contributed by atoms with Crippen LogP contribution in [0.25, 0.3) is 0 Å². The van der Waals surface area contributed by atoms with Crippen LogP contribution in [0.4, 0.5) is 0 Å². The highest BCUT2D eigenvalue weighted by atomic mass is 35.5. The van der Waals surface area contributed by atoms with Crippen LogP contribution in [0.2, 0.25) is 0 Å². The minimum Gasteiger partial charge on any atom is -0.380 e. The normalized spacial score (nSPS) is 16.7. The highest BCUT2D eigenvalue weighted by Gasteiger charge is 2.23. The van der Waals surface area contributed by atoms with Crippen LogP contribution in [0.15, 0.2) is 36.7 Å². The maximum atomic E-state index is 11.4. The van der Waals surface area contributed by atoms with Crippen molar-refractivity contribution < 1.29 is 35.9 Å². The quantitative estimate of drug-likeness (QED) is 0.126. The SMILES string of the molecule is C.C=C(C)C(=O)CCCOCCn1cc(CN2CCS(=O)(=O)CC2)nn1.C=C(C)C(=O)Cl.NCCOCCn1cc(CN2CCS(=O)(=O)CC2)nn1. The second kappa shape index (κ2) is 24.4. The second-order valence-corrected chi connectivity index (χ2v) is 17.1. The number of sulfone groups is 2. The number of carbonyl (C=O) groups is 2. The molecular formula is C32H56ClN9O8S2. The van der Waals surface area contributed by atoms with Gasteiger partial charge in [-0.25, -0.2) is 26.2 Å². The molecule has 2 aromatic heterocycles. The van der Waals surface area contributed by atoms with Crippen LogP contribution < -0.4 is 5.73 Å². The first-order valence-corrected chi connectivity index (χ1v) is 20.6. The first-order valence-electron chi connectivity index (χ1n) is 16.6. The van der Waals surface area contributed by atoms with Crippen LogP contribution in [0, 0.1) is 0 Å². The van der Waals surface area contributed by atoms with Gasteiger partial charge in [0, 0.05) is 76.8 Å². The zero-order chi connectivity index (χ0) is 37.9. The Hall–Kier alpha value is -2.91. The number of aromatic nitrogens is 6. The number of ketones is 1. The molecular weight excluding hydrogens is 738 g/mol. The molecule has 2 saturated heterocycles. The number of hydrogen-bond donors (Lipinski definition) is 1. The summed E-state index contributed by atoms with van der Waals surface area (Å²) >= 11 is 4.87. The Morgan fingerprint density at radius 2 is 1.17 bits per heavy atom. The molecule has 2 aliphatic rings. The van der Waals surface area contributed by atoms with E-state index in [-0.39, 0.29) is 36.2 Å². The molecule has 0 aliphatic carbocycles. The number of nitrogens with two attached hydrogens (primary N) is 1. The average molecular weight is 794 g/mol. The van der Waals surface area contributed by atoms with E-state index in [9.17, 15) is 26.4 Å². The first-order chi connectivity index (χ1) is 24.1. The fourth-order valence-electron chi connectivity index (χ4n) is 4.47. The molecule has 17 nitrogen and oxygen atoms in total. The number of nitrogens with zero attached hydrogens (tertiary/aromatic N) is 8. The van der Waals surface area contributed by atoms with E-state index in [0.717, 1.165) is 11.4 Å². The lowest BCUT2D eigenvalue weighted by molar-refractivity contribution is -0.115. The maximum absolute atomic E-state index is 11.4. The van der Waals surface area contributed by atoms with Crippen molar-refractivity contribution in [2.24, 2.45) is 5.73 Å². The van der Waals surface area contributed by atoms with Crippen LogP contribution in [0.3, 0.4) is 0 Å². The number of rotatable bonds is 18. The molecule has 0 unspecified atom stereocenters. The standard InChI is InChI=1S/C16H26N4O4S.C11H21N5O3S.C4H5ClO.CH4/c1-14(2)16(21)4-3-8-24-9-5-20-13-15(17-18-20)12-19-6-10-25(22,23)11-7-19;12-1-5-19-6-2-16-10-11(13-14-16)9-15-3-7-20(17,18)8-4-15;1-3(2)4(5)6;/h13H,1,3-12H2,2H3;10H,1-9,12H2;1H2,2H3;1H4. The summed E-state index contributed by atoms with van der Waals surface area (Å²) < 4.78 is 59.8. The molecule has 2 fully saturated rings. The van der Waals surface area contributed by atoms with E-state index in [4.69, 9.17) is 26.8 Å². The van der Waals surface area contributed by atoms with E-state index in [2.05, 4.69) is 43.6 Å². The molecule has 2 aliphatic heterocycles. The fraction of sp³-hybridized carbons (Fsp3) is 0.688. The molecule has 0 atom stereocenters. The van der Waals surface area contributed by atoms with E-state index in [1.54, 1.807) is 23.2 Å². The minimum absolute atomic E-state index is 0. The second-order valence-electron chi connectivity index (χ2n) is 12.2. The Morgan fingerprint density at radius 1 is 0.769 bits per heavy atom. The smallest absolute Gasteiger partial charge is 0.247 e. The average Bonchev–Trinajstić information content (AvgIpc) is 3.72. The molecule has 0 saturated carbocycles. The summed E-state index contributed by atoms with van der Waals surface area (Å²) in [5.41, 5.74) is 7.97. The Labute approximate surface area is 313 Å². The monoisotopic (exact) mass is 793 g/mol. The van der Waals surface area contributed by atoms with Gasteiger partial charge in [-0.15, -0.1) is 10.2 Å². The van der Waals surface area contributed by atoms with Gasteiger partial charge in [-0.05, 0) is 37.4 Å². The number of hydrogen-bond acceptors (Lipinski definition) is 15. The van der Waals surface area contributed by atoms with Crippen molar-refractivity contribution in [1.82, 2.24) is 39.8 Å². The van der Waals surface area contributed by atoms with Crippen LogP contribution >= 0.6 is 11.6 Å². The van der Waals surface area contributed by atoms with Crippen molar-refractivity contribution in [3.05, 3.63) is 48.1 Å². The summed E-state index contributed by atoms with van der Waals surface area (Å²) in [4.78, 5) is 25.4. The lowest BCUT2D eigenvalue weighted by Gasteiger charge is -2.25. The molecule has 0 bridgehead atoms. The van der Waals surface area contributed by atoms with Gasteiger partial charge in [0.25, 0.3) is 0 Å². The predicted octanol–water partition coefficient (Wildman–Crippen LogP) is 0.898. The Balaban J connectivity index is 0.000000449. The van der Waals surface area contributed by atoms with Crippen LogP contribution in [0.1, 0.15) is 45.5 Å². The summed E-state index contributed by atoms with van der Waals surface area (Å²) in [6, 6.07) is 0. The van der Waals surface area contributed by atoms with Crippen molar-refractivity contribution in [2.75, 3.05) is 82.2 Å². The van der Waals surface area contributed by atoms with Gasteiger partial charge < -0.3 is 15.2 Å². The van der Waals surface area contributed by atoms with Gasteiger partial charge in [-0.1, -0.05) is 31.0 Å². The van der Waals surface area contributed by atoms with Crippen molar-refractivity contribution in [1.29, 1.82) is 0 Å². The zero-order valence-electron chi connectivity index (χ0n) is 29.6. The van der Waals surface area contributed by atoms with E-state index in [0.29, 0.717) is 109 Å². The molecule has 52 heavy (non-hydrogen) atoms. The van der Waals surface area contributed by atoms with Gasteiger partial charge in [0.05, 0.1) is 67.3 Å². The Morgan fingerprint density at radius 3 is 1.54 bits per heavy atom. The Kier molecular flexibility index (Phi) is 22.1. The molecule has 0 radical (unpaired) electrons. The van der Waals surface area contributed by atoms with Crippen molar-refractivity contribution in [2.45, 2.75) is 60.3 Å².